The molecule has 66 heavy (non-hydrogen) atoms. The lowest BCUT2D eigenvalue weighted by molar-refractivity contribution is -0.114. The maximum atomic E-state index is 15.6. The number of halogens is 2. The molecule has 2 unspecified atom stereocenters. The first-order valence-electron chi connectivity index (χ1n) is 26.3. The largest absolute Gasteiger partial charge is 0.307 e. The third kappa shape index (κ3) is 13.8. The van der Waals surface area contributed by atoms with Gasteiger partial charge in [0.2, 0.25) is 0 Å². The number of unbranched alkanes of at least 4 members (excludes halogenated alkanes) is 16. The monoisotopic (exact) mass is 1060 g/mol. The fraction of sp³-hybridized carbons (Fsp3) is 0.586. The maximum absolute atomic E-state index is 15.6. The Bertz CT molecular complexity index is 2030. The molecule has 2 amide bonds. The average Bonchev–Trinajstić information content (AvgIpc) is 4.00. The second-order valence-electron chi connectivity index (χ2n) is 19.7. The molecule has 8 heteroatoms. The molecule has 360 valence electrons. The molecule has 0 fully saturated rings. The van der Waals surface area contributed by atoms with Gasteiger partial charge in [0.05, 0.1) is 30.1 Å². The van der Waals surface area contributed by atoms with E-state index in [-0.39, 0.29) is 11.8 Å². The van der Waals surface area contributed by atoms with Gasteiger partial charge in [0.1, 0.15) is 0 Å². The summed E-state index contributed by atoms with van der Waals surface area (Å²) in [6.07, 6.45) is 29.6. The van der Waals surface area contributed by atoms with Crippen LogP contribution in [-0.4, -0.2) is 24.9 Å². The summed E-state index contributed by atoms with van der Waals surface area (Å²) in [6, 6.07) is 17.7. The Balaban J connectivity index is 1.42. The molecule has 2 aliphatic rings. The van der Waals surface area contributed by atoms with Crippen molar-refractivity contribution in [3.8, 4) is 20.9 Å². The van der Waals surface area contributed by atoms with Gasteiger partial charge in [0.25, 0.3) is 11.8 Å². The molecule has 0 bridgehead atoms. The number of aryl methyl sites for hydroxylation is 2. The molecular formula is C58H80Br2N2O2S2. The quantitative estimate of drug-likeness (QED) is 0.0386. The molecule has 0 radical (unpaired) electrons. The Labute approximate surface area is 425 Å². The lowest BCUT2D eigenvalue weighted by Gasteiger charge is -2.25. The lowest BCUT2D eigenvalue weighted by atomic mass is 9.93. The predicted molar refractivity (Wildman–Crippen MR) is 296 cm³/mol. The van der Waals surface area contributed by atoms with Crippen LogP contribution in [0.25, 0.3) is 32.0 Å². The van der Waals surface area contributed by atoms with E-state index in [0.29, 0.717) is 36.1 Å². The molecule has 0 spiro atoms. The zero-order valence-corrected chi connectivity index (χ0v) is 46.2. The highest BCUT2D eigenvalue weighted by Crippen LogP contribution is 2.50. The second-order valence-corrected chi connectivity index (χ2v) is 24.5. The third-order valence-corrected chi connectivity index (χ3v) is 18.7. The number of carbonyl (C=O) groups is 2. The summed E-state index contributed by atoms with van der Waals surface area (Å²) < 4.78 is 2.27. The van der Waals surface area contributed by atoms with Gasteiger partial charge in [-0.1, -0.05) is 180 Å². The van der Waals surface area contributed by atoms with E-state index in [0.717, 1.165) is 66.9 Å². The fourth-order valence-electron chi connectivity index (χ4n) is 10.3. The summed E-state index contributed by atoms with van der Waals surface area (Å²) in [5.74, 6) is 0.804. The van der Waals surface area contributed by atoms with Gasteiger partial charge in [0, 0.05) is 34.0 Å². The molecule has 2 atom stereocenters. The molecule has 2 aromatic carbocycles. The van der Waals surface area contributed by atoms with Crippen molar-refractivity contribution in [2.24, 2.45) is 11.8 Å². The molecule has 6 rings (SSSR count). The summed E-state index contributed by atoms with van der Waals surface area (Å²) in [5, 5.41) is 0. The SMILES string of the molecule is CCCCCCCCC(CCCCCC)CN1C(=O)/C(=C2/C(=O)N(CC(CCCCCC)CCCCCCCC)c3cc(-c4cc(C)c(Br)s4)ccc32)c2ccc(-c3cc(C)c(Br)s3)cc21. The van der Waals surface area contributed by atoms with E-state index in [1.165, 1.54) is 149 Å². The van der Waals surface area contributed by atoms with Crippen molar-refractivity contribution in [2.75, 3.05) is 22.9 Å². The normalized spacial score (nSPS) is 15.6. The van der Waals surface area contributed by atoms with Gasteiger partial charge in [-0.3, -0.25) is 9.59 Å². The Hall–Kier alpha value is -2.52. The highest BCUT2D eigenvalue weighted by Gasteiger charge is 2.43. The van der Waals surface area contributed by atoms with E-state index in [1.54, 1.807) is 22.7 Å². The topological polar surface area (TPSA) is 40.6 Å². The number of carbonyl (C=O) groups excluding carboxylic acids is 2. The van der Waals surface area contributed by atoms with E-state index >= 15 is 9.59 Å². The van der Waals surface area contributed by atoms with Crippen molar-refractivity contribution in [3.63, 3.8) is 0 Å². The Morgan fingerprint density at radius 3 is 1.09 bits per heavy atom. The van der Waals surface area contributed by atoms with Gasteiger partial charge in [-0.15, -0.1) is 22.7 Å². The Morgan fingerprint density at radius 1 is 0.455 bits per heavy atom. The number of rotatable bonds is 30. The van der Waals surface area contributed by atoms with Crippen LogP contribution in [0.3, 0.4) is 0 Å². The van der Waals surface area contributed by atoms with Crippen molar-refractivity contribution < 1.29 is 9.59 Å². The number of hydrogen-bond acceptors (Lipinski definition) is 4. The Kier molecular flexibility index (Phi) is 21.6. The highest BCUT2D eigenvalue weighted by atomic mass is 79.9. The number of hydrogen-bond donors (Lipinski definition) is 0. The van der Waals surface area contributed by atoms with Gasteiger partial charge < -0.3 is 9.80 Å². The summed E-state index contributed by atoms with van der Waals surface area (Å²) in [7, 11) is 0. The fourth-order valence-corrected chi connectivity index (χ4v) is 13.4. The van der Waals surface area contributed by atoms with Crippen LogP contribution >= 0.6 is 54.5 Å². The van der Waals surface area contributed by atoms with Crippen LogP contribution in [0.4, 0.5) is 11.4 Å². The smallest absolute Gasteiger partial charge is 0.259 e. The van der Waals surface area contributed by atoms with Crippen LogP contribution in [0, 0.1) is 25.7 Å². The molecule has 0 aliphatic carbocycles. The summed E-state index contributed by atoms with van der Waals surface area (Å²) in [6.45, 7) is 14.8. The van der Waals surface area contributed by atoms with E-state index in [1.807, 2.05) is 0 Å². The van der Waals surface area contributed by atoms with Crippen LogP contribution in [0.15, 0.2) is 56.1 Å². The average molecular weight is 1060 g/mol. The van der Waals surface area contributed by atoms with E-state index in [4.69, 9.17) is 0 Å². The molecule has 2 aliphatic heterocycles. The van der Waals surface area contributed by atoms with Crippen LogP contribution in [0.5, 0.6) is 0 Å². The number of nitrogens with zero attached hydrogens (tertiary/aromatic N) is 2. The number of anilines is 2. The third-order valence-electron chi connectivity index (χ3n) is 14.3. The van der Waals surface area contributed by atoms with Crippen LogP contribution in [0.2, 0.25) is 0 Å². The first-order valence-corrected chi connectivity index (χ1v) is 29.5. The highest BCUT2D eigenvalue weighted by molar-refractivity contribution is 9.11. The molecular weight excluding hydrogens is 981 g/mol. The second kappa shape index (κ2) is 27.0. The summed E-state index contributed by atoms with van der Waals surface area (Å²) in [4.78, 5) is 37.7. The minimum atomic E-state index is -0.00608. The van der Waals surface area contributed by atoms with E-state index in [2.05, 4.69) is 132 Å². The van der Waals surface area contributed by atoms with Crippen molar-refractivity contribution in [2.45, 2.75) is 196 Å². The maximum Gasteiger partial charge on any atom is 0.259 e. The molecule has 4 heterocycles. The number of benzene rings is 2. The van der Waals surface area contributed by atoms with E-state index < -0.39 is 0 Å². The molecule has 4 aromatic rings. The molecule has 0 N–H and O–H groups in total. The minimum Gasteiger partial charge on any atom is -0.307 e. The number of amides is 2. The minimum absolute atomic E-state index is 0.00608. The van der Waals surface area contributed by atoms with Crippen molar-refractivity contribution in [3.05, 3.63) is 78.4 Å². The predicted octanol–water partition coefficient (Wildman–Crippen LogP) is 19.6. The lowest BCUT2D eigenvalue weighted by Crippen LogP contribution is -2.34. The van der Waals surface area contributed by atoms with Gasteiger partial charge >= 0.3 is 0 Å². The van der Waals surface area contributed by atoms with Crippen molar-refractivity contribution in [1.29, 1.82) is 0 Å². The van der Waals surface area contributed by atoms with Gasteiger partial charge in [-0.25, -0.2) is 0 Å². The van der Waals surface area contributed by atoms with Crippen molar-refractivity contribution in [1.82, 2.24) is 0 Å². The molecule has 0 saturated heterocycles. The standard InChI is InChI=1S/C58H80Br2N2O2S2/c1-7-11-15-19-21-25-29-43(27-23-17-13-9-3)39-61-49-37-45(51-35-41(5)55(59)65-51)31-33-47(49)53(57(61)63)54-48-34-32-46(52-36-42(6)56(60)66-52)38-50(48)62(58(54)64)40-44(28-24-18-14-10-4)30-26-22-20-16-12-8-2/h31-38,43-44H,7-30,39-40H2,1-6H3/b54-53+. The molecule has 0 saturated carbocycles. The first-order chi connectivity index (χ1) is 32.1. The van der Waals surface area contributed by atoms with Crippen LogP contribution in [0.1, 0.15) is 204 Å². The van der Waals surface area contributed by atoms with Gasteiger partial charge in [0.15, 0.2) is 0 Å². The van der Waals surface area contributed by atoms with Crippen LogP contribution < -0.4 is 9.80 Å². The first kappa shape index (κ1) is 52.8. The van der Waals surface area contributed by atoms with E-state index in [9.17, 15) is 0 Å². The molecule has 4 nitrogen and oxygen atoms in total. The van der Waals surface area contributed by atoms with Gasteiger partial charge in [-0.2, -0.15) is 0 Å². The summed E-state index contributed by atoms with van der Waals surface area (Å²) >= 11 is 11.1. The number of fused-ring (bicyclic) bond motifs is 2. The zero-order valence-electron chi connectivity index (χ0n) is 41.4. The zero-order chi connectivity index (χ0) is 47.0. The van der Waals surface area contributed by atoms with Crippen LogP contribution in [-0.2, 0) is 9.59 Å². The number of thiophene rings is 2. The van der Waals surface area contributed by atoms with Gasteiger partial charge in [-0.05, 0) is 130 Å². The molecule has 2 aromatic heterocycles. The summed E-state index contributed by atoms with van der Waals surface area (Å²) in [5.41, 5.74) is 9.59. The van der Waals surface area contributed by atoms with Crippen molar-refractivity contribution >= 4 is 88.9 Å². The Morgan fingerprint density at radius 2 is 0.773 bits per heavy atom.